The van der Waals surface area contributed by atoms with Crippen LogP contribution in [0, 0.1) is 0 Å². The molecule has 0 atom stereocenters. The number of hydrogen-bond acceptors (Lipinski definition) is 6. The Morgan fingerprint density at radius 2 is 2.35 bits per heavy atom. The summed E-state index contributed by atoms with van der Waals surface area (Å²) in [5.41, 5.74) is 2.42. The first-order valence-electron chi connectivity index (χ1n) is 8.21. The summed E-state index contributed by atoms with van der Waals surface area (Å²) < 4.78 is 11.6. The average molecular weight is 417 g/mol. The molecule has 0 saturated carbocycles. The summed E-state index contributed by atoms with van der Waals surface area (Å²) in [6.07, 6.45) is 3.93. The van der Waals surface area contributed by atoms with Crippen LogP contribution in [0.5, 0.6) is 5.88 Å². The van der Waals surface area contributed by atoms with E-state index in [-0.39, 0.29) is 5.56 Å². The van der Waals surface area contributed by atoms with Crippen LogP contribution in [0.1, 0.15) is 16.8 Å². The Balaban J connectivity index is 1.61. The van der Waals surface area contributed by atoms with Gasteiger partial charge in [-0.1, -0.05) is 0 Å². The zero-order valence-electron chi connectivity index (χ0n) is 14.2. The largest absolute Gasteiger partial charge is 0.481 e. The van der Waals surface area contributed by atoms with E-state index in [4.69, 9.17) is 9.15 Å². The van der Waals surface area contributed by atoms with Gasteiger partial charge in [0.1, 0.15) is 0 Å². The molecule has 0 bridgehead atoms. The van der Waals surface area contributed by atoms with Crippen molar-refractivity contribution in [3.05, 3.63) is 62.3 Å². The number of aromatic amines is 1. The molecule has 1 N–H and O–H groups in total. The number of fused-ring (bicyclic) bond motifs is 1. The van der Waals surface area contributed by atoms with E-state index in [1.807, 2.05) is 6.07 Å². The standard InChI is InChI=1S/C18H17BrN4O3/c1-25-18-11(7-12(19)8-20-18)9-23-5-4-13-14(10-23)21-16(22-17(13)24)15-3-2-6-26-15/h2-3,6-8H,4-5,9-10H2,1H3,(H,21,22,24). The minimum atomic E-state index is -0.0947. The highest BCUT2D eigenvalue weighted by molar-refractivity contribution is 9.10. The Morgan fingerprint density at radius 1 is 1.46 bits per heavy atom. The van der Waals surface area contributed by atoms with Crippen molar-refractivity contribution in [3.8, 4) is 17.5 Å². The molecule has 0 aromatic carbocycles. The van der Waals surface area contributed by atoms with Gasteiger partial charge >= 0.3 is 0 Å². The van der Waals surface area contributed by atoms with E-state index in [0.717, 1.165) is 27.8 Å². The number of nitrogens with one attached hydrogen (secondary N) is 1. The molecule has 0 unspecified atom stereocenters. The van der Waals surface area contributed by atoms with E-state index in [0.29, 0.717) is 37.0 Å². The lowest BCUT2D eigenvalue weighted by Crippen LogP contribution is -2.35. The SMILES string of the molecule is COc1ncc(Br)cc1CN1CCc2c(nc(-c3ccco3)[nH]c2=O)C1. The quantitative estimate of drug-likeness (QED) is 0.703. The Morgan fingerprint density at radius 3 is 3.12 bits per heavy atom. The minimum absolute atomic E-state index is 0.0947. The van der Waals surface area contributed by atoms with Gasteiger partial charge in [-0.25, -0.2) is 9.97 Å². The molecule has 3 aromatic heterocycles. The van der Waals surface area contributed by atoms with E-state index in [2.05, 4.69) is 35.8 Å². The zero-order chi connectivity index (χ0) is 18.1. The van der Waals surface area contributed by atoms with Gasteiger partial charge in [-0.15, -0.1) is 0 Å². The number of nitrogens with zero attached hydrogens (tertiary/aromatic N) is 3. The van der Waals surface area contributed by atoms with Gasteiger partial charge in [-0.3, -0.25) is 9.69 Å². The second kappa shape index (κ2) is 7.05. The van der Waals surface area contributed by atoms with E-state index in [1.165, 1.54) is 0 Å². The first kappa shape index (κ1) is 17.0. The van der Waals surface area contributed by atoms with Crippen molar-refractivity contribution in [3.63, 3.8) is 0 Å². The lowest BCUT2D eigenvalue weighted by molar-refractivity contribution is 0.236. The number of aromatic nitrogens is 3. The zero-order valence-corrected chi connectivity index (χ0v) is 15.7. The molecule has 0 amide bonds. The van der Waals surface area contributed by atoms with E-state index in [9.17, 15) is 4.79 Å². The van der Waals surface area contributed by atoms with Gasteiger partial charge in [0, 0.05) is 41.4 Å². The monoisotopic (exact) mass is 416 g/mol. The number of rotatable bonds is 4. The molecule has 1 aliphatic heterocycles. The predicted molar refractivity (Wildman–Crippen MR) is 98.9 cm³/mol. The molecule has 4 heterocycles. The number of furan rings is 1. The topological polar surface area (TPSA) is 84.2 Å². The van der Waals surface area contributed by atoms with E-state index in [1.54, 1.807) is 31.7 Å². The van der Waals surface area contributed by atoms with Crippen molar-refractivity contribution < 1.29 is 9.15 Å². The fourth-order valence-electron chi connectivity index (χ4n) is 3.17. The number of ether oxygens (including phenoxy) is 1. The smallest absolute Gasteiger partial charge is 0.254 e. The van der Waals surface area contributed by atoms with Gasteiger partial charge in [-0.2, -0.15) is 0 Å². The maximum atomic E-state index is 12.4. The molecule has 26 heavy (non-hydrogen) atoms. The molecule has 0 saturated heterocycles. The maximum absolute atomic E-state index is 12.4. The van der Waals surface area contributed by atoms with Crippen LogP contribution in [0.15, 0.2) is 44.3 Å². The molecule has 4 rings (SSSR count). The number of pyridine rings is 1. The van der Waals surface area contributed by atoms with Crippen molar-refractivity contribution >= 4 is 15.9 Å². The highest BCUT2D eigenvalue weighted by atomic mass is 79.9. The number of halogens is 1. The number of methoxy groups -OCH3 is 1. The van der Waals surface area contributed by atoms with Crippen molar-refractivity contribution in [2.75, 3.05) is 13.7 Å². The predicted octanol–water partition coefficient (Wildman–Crippen LogP) is 2.75. The summed E-state index contributed by atoms with van der Waals surface area (Å²) in [7, 11) is 1.61. The number of hydrogen-bond donors (Lipinski definition) is 1. The average Bonchev–Trinajstić information content (AvgIpc) is 3.16. The maximum Gasteiger partial charge on any atom is 0.254 e. The Hall–Kier alpha value is -2.45. The normalized spacial score (nSPS) is 14.2. The molecule has 0 fully saturated rings. The van der Waals surface area contributed by atoms with Crippen molar-refractivity contribution in [2.45, 2.75) is 19.5 Å². The first-order valence-corrected chi connectivity index (χ1v) is 9.00. The molecule has 1 aliphatic rings. The summed E-state index contributed by atoms with van der Waals surface area (Å²) in [5.74, 6) is 1.62. The lowest BCUT2D eigenvalue weighted by Gasteiger charge is -2.28. The molecule has 134 valence electrons. The first-order chi connectivity index (χ1) is 12.6. The minimum Gasteiger partial charge on any atom is -0.481 e. The fraction of sp³-hybridized carbons (Fsp3) is 0.278. The molecular weight excluding hydrogens is 400 g/mol. The van der Waals surface area contributed by atoms with E-state index >= 15 is 0 Å². The van der Waals surface area contributed by atoms with Crippen LogP contribution in [-0.2, 0) is 19.5 Å². The van der Waals surface area contributed by atoms with Crippen LogP contribution in [0.25, 0.3) is 11.6 Å². The summed E-state index contributed by atoms with van der Waals surface area (Å²) in [4.78, 5) is 26.4. The van der Waals surface area contributed by atoms with Gasteiger partial charge in [0.05, 0.1) is 19.1 Å². The van der Waals surface area contributed by atoms with Gasteiger partial charge in [0.15, 0.2) is 11.6 Å². The van der Waals surface area contributed by atoms with Crippen molar-refractivity contribution in [1.82, 2.24) is 19.9 Å². The van der Waals surface area contributed by atoms with Gasteiger partial charge in [0.2, 0.25) is 5.88 Å². The molecule has 3 aromatic rings. The Kier molecular flexibility index (Phi) is 4.60. The van der Waals surface area contributed by atoms with Crippen LogP contribution in [-0.4, -0.2) is 33.5 Å². The Labute approximate surface area is 158 Å². The summed E-state index contributed by atoms with van der Waals surface area (Å²) >= 11 is 3.45. The second-order valence-corrected chi connectivity index (χ2v) is 7.02. The molecule has 7 nitrogen and oxygen atoms in total. The van der Waals surface area contributed by atoms with Crippen LogP contribution in [0.4, 0.5) is 0 Å². The highest BCUT2D eigenvalue weighted by Gasteiger charge is 2.23. The van der Waals surface area contributed by atoms with Crippen molar-refractivity contribution in [1.29, 1.82) is 0 Å². The molecular formula is C18H17BrN4O3. The third kappa shape index (κ3) is 3.30. The molecule has 8 heteroatoms. The van der Waals surface area contributed by atoms with E-state index < -0.39 is 0 Å². The fourth-order valence-corrected chi connectivity index (χ4v) is 3.54. The summed E-state index contributed by atoms with van der Waals surface area (Å²) in [6, 6.07) is 5.55. The van der Waals surface area contributed by atoms with Gasteiger partial charge in [-0.05, 0) is 40.5 Å². The summed E-state index contributed by atoms with van der Waals surface area (Å²) in [5, 5.41) is 0. The third-order valence-corrected chi connectivity index (χ3v) is 4.82. The van der Waals surface area contributed by atoms with Crippen LogP contribution in [0.3, 0.4) is 0 Å². The second-order valence-electron chi connectivity index (χ2n) is 6.10. The molecule has 0 spiro atoms. The number of H-pyrrole nitrogens is 1. The van der Waals surface area contributed by atoms with Crippen molar-refractivity contribution in [2.24, 2.45) is 0 Å². The highest BCUT2D eigenvalue weighted by Crippen LogP contribution is 2.24. The van der Waals surface area contributed by atoms with Gasteiger partial charge < -0.3 is 14.1 Å². The molecule has 0 aliphatic carbocycles. The third-order valence-electron chi connectivity index (χ3n) is 4.39. The lowest BCUT2D eigenvalue weighted by atomic mass is 10.1. The van der Waals surface area contributed by atoms with Gasteiger partial charge in [0.25, 0.3) is 5.56 Å². The Bertz CT molecular complexity index is 985. The summed E-state index contributed by atoms with van der Waals surface area (Å²) in [6.45, 7) is 2.02. The van der Waals surface area contributed by atoms with Crippen LogP contribution in [0.2, 0.25) is 0 Å². The van der Waals surface area contributed by atoms with Crippen LogP contribution >= 0.6 is 15.9 Å². The van der Waals surface area contributed by atoms with Crippen LogP contribution < -0.4 is 10.3 Å². The molecule has 0 radical (unpaired) electrons.